The minimum atomic E-state index is 0. The number of imidazole rings is 1. The lowest BCUT2D eigenvalue weighted by molar-refractivity contribution is -0.672. The number of halogens is 2. The van der Waals surface area contributed by atoms with Gasteiger partial charge in [0.25, 0.3) is 0 Å². The highest BCUT2D eigenvalue weighted by atomic mass is 79.9. The second kappa shape index (κ2) is 8.55. The molecule has 16 heavy (non-hydrogen) atoms. The van der Waals surface area contributed by atoms with E-state index >= 15 is 0 Å². The Bertz CT molecular complexity index is 331. The number of nitrogens with zero attached hydrogens (tertiary/aromatic N) is 3. The molecule has 0 radical (unpaired) electrons. The largest absolute Gasteiger partial charge is 1.00 e. The van der Waals surface area contributed by atoms with Crippen LogP contribution >= 0.6 is 15.9 Å². The molecule has 0 fully saturated rings. The zero-order valence-corrected chi connectivity index (χ0v) is 11.4. The van der Waals surface area contributed by atoms with Gasteiger partial charge in [-0.2, -0.15) is 0 Å². The van der Waals surface area contributed by atoms with Gasteiger partial charge in [-0.3, -0.25) is 0 Å². The van der Waals surface area contributed by atoms with E-state index < -0.39 is 0 Å². The van der Waals surface area contributed by atoms with Crippen LogP contribution in [0, 0.1) is 0 Å². The Morgan fingerprint density at radius 1 is 1.69 bits per heavy atom. The average molecular weight is 313 g/mol. The molecular formula is C9H15BrClN3O2. The number of ether oxygens (including phenoxy) is 1. The van der Waals surface area contributed by atoms with E-state index in [4.69, 9.17) is 9.94 Å². The van der Waals surface area contributed by atoms with E-state index in [0.717, 1.165) is 17.6 Å². The molecule has 0 aromatic carbocycles. The molecule has 5 nitrogen and oxygen atoms in total. The number of aromatic nitrogens is 2. The second-order valence-electron chi connectivity index (χ2n) is 3.06. The van der Waals surface area contributed by atoms with Crippen molar-refractivity contribution in [1.82, 2.24) is 4.57 Å². The fourth-order valence-corrected chi connectivity index (χ4v) is 1.41. The molecule has 0 atom stereocenters. The Balaban J connectivity index is 0.00000225. The van der Waals surface area contributed by atoms with Crippen LogP contribution in [0.5, 0.6) is 0 Å². The van der Waals surface area contributed by atoms with Gasteiger partial charge in [-0.15, -0.1) is 0 Å². The van der Waals surface area contributed by atoms with Crippen molar-refractivity contribution in [1.29, 1.82) is 0 Å². The minimum absolute atomic E-state index is 0. The van der Waals surface area contributed by atoms with Gasteiger partial charge in [0.2, 0.25) is 0 Å². The monoisotopic (exact) mass is 311 g/mol. The van der Waals surface area contributed by atoms with E-state index in [1.54, 1.807) is 0 Å². The van der Waals surface area contributed by atoms with Gasteiger partial charge in [0.1, 0.15) is 12.4 Å². The third-order valence-electron chi connectivity index (χ3n) is 1.95. The molecular weight excluding hydrogens is 297 g/mol. The summed E-state index contributed by atoms with van der Waals surface area (Å²) in [5, 5.41) is 12.4. The van der Waals surface area contributed by atoms with Crippen LogP contribution in [0.15, 0.2) is 17.5 Å². The fraction of sp³-hybridized carbons (Fsp3) is 0.556. The summed E-state index contributed by atoms with van der Waals surface area (Å²) in [6.45, 7) is 1.18. The molecule has 0 aliphatic rings. The first kappa shape index (κ1) is 15.4. The molecule has 0 saturated heterocycles. The number of hydrogen-bond donors (Lipinski definition) is 1. The maximum atomic E-state index is 8.49. The molecule has 1 N–H and O–H groups in total. The Morgan fingerprint density at radius 2 is 2.44 bits per heavy atom. The summed E-state index contributed by atoms with van der Waals surface area (Å²) in [6, 6.07) is 0. The maximum Gasteiger partial charge on any atom is 0.305 e. The predicted octanol–water partition coefficient (Wildman–Crippen LogP) is -2.12. The van der Waals surface area contributed by atoms with E-state index in [0.29, 0.717) is 13.3 Å². The Morgan fingerprint density at radius 3 is 3.06 bits per heavy atom. The number of hydrogen-bond acceptors (Lipinski definition) is 3. The van der Waals surface area contributed by atoms with E-state index in [-0.39, 0.29) is 12.4 Å². The molecule has 1 aromatic rings. The van der Waals surface area contributed by atoms with Gasteiger partial charge in [0, 0.05) is 5.33 Å². The zero-order valence-electron chi connectivity index (χ0n) is 9.01. The molecule has 1 rings (SSSR count). The number of oxime groups is 1. The van der Waals surface area contributed by atoms with Crippen molar-refractivity contribution in [3.05, 3.63) is 18.2 Å². The van der Waals surface area contributed by atoms with Crippen molar-refractivity contribution in [2.75, 3.05) is 11.9 Å². The summed E-state index contributed by atoms with van der Waals surface area (Å²) in [6.07, 6.45) is 6.13. The summed E-state index contributed by atoms with van der Waals surface area (Å²) in [4.78, 5) is 0. The van der Waals surface area contributed by atoms with Gasteiger partial charge < -0.3 is 22.4 Å². The standard InChI is InChI=1S/C9H14BrN3O2.ClH/c1-12-4-5-13(9(12)7-11-14)8-15-6-2-3-10;/h4-5,7H,2-3,6,8H2,1H3;1H. The topological polar surface area (TPSA) is 50.6 Å². The molecule has 0 unspecified atom stereocenters. The summed E-state index contributed by atoms with van der Waals surface area (Å²) < 4.78 is 9.16. The normalized spacial score (nSPS) is 10.6. The molecule has 92 valence electrons. The van der Waals surface area contributed by atoms with E-state index in [1.165, 1.54) is 6.21 Å². The molecule has 0 aliphatic carbocycles. The maximum absolute atomic E-state index is 8.49. The number of rotatable bonds is 6. The first-order valence-corrected chi connectivity index (χ1v) is 5.77. The molecule has 0 spiro atoms. The van der Waals surface area contributed by atoms with Gasteiger partial charge in [0.15, 0.2) is 12.9 Å². The molecule has 0 aliphatic heterocycles. The van der Waals surface area contributed by atoms with Crippen LogP contribution in [0.2, 0.25) is 0 Å². The van der Waals surface area contributed by atoms with E-state index in [1.807, 2.05) is 28.6 Å². The molecule has 0 bridgehead atoms. The van der Waals surface area contributed by atoms with E-state index in [9.17, 15) is 0 Å². The van der Waals surface area contributed by atoms with Crippen LogP contribution in [0.25, 0.3) is 0 Å². The first-order chi connectivity index (χ1) is 7.29. The molecule has 0 saturated carbocycles. The van der Waals surface area contributed by atoms with Crippen molar-refractivity contribution in [3.8, 4) is 0 Å². The van der Waals surface area contributed by atoms with Crippen LogP contribution in [-0.2, 0) is 18.5 Å². The minimum Gasteiger partial charge on any atom is -1.00 e. The van der Waals surface area contributed by atoms with Gasteiger partial charge in [-0.05, 0) is 6.42 Å². The smallest absolute Gasteiger partial charge is 0.305 e. The van der Waals surface area contributed by atoms with Crippen LogP contribution in [0.3, 0.4) is 0 Å². The second-order valence-corrected chi connectivity index (χ2v) is 3.85. The summed E-state index contributed by atoms with van der Waals surface area (Å²) in [5.74, 6) is 0.788. The number of alkyl halides is 1. The van der Waals surface area contributed by atoms with Crippen LogP contribution in [-0.4, -0.2) is 27.9 Å². The summed E-state index contributed by atoms with van der Waals surface area (Å²) in [7, 11) is 1.88. The first-order valence-electron chi connectivity index (χ1n) is 4.65. The fourth-order valence-electron chi connectivity index (χ4n) is 1.18. The van der Waals surface area contributed by atoms with Crippen molar-refractivity contribution in [2.45, 2.75) is 13.2 Å². The van der Waals surface area contributed by atoms with Crippen LogP contribution in [0.1, 0.15) is 12.2 Å². The molecule has 1 aromatic heterocycles. The average Bonchev–Trinajstić information content (AvgIpc) is 2.57. The Kier molecular flexibility index (Phi) is 8.23. The highest BCUT2D eigenvalue weighted by molar-refractivity contribution is 9.09. The van der Waals surface area contributed by atoms with Gasteiger partial charge >= 0.3 is 5.82 Å². The molecule has 7 heteroatoms. The highest BCUT2D eigenvalue weighted by Gasteiger charge is 2.11. The predicted molar refractivity (Wildman–Crippen MR) is 59.4 cm³/mol. The zero-order chi connectivity index (χ0) is 11.1. The van der Waals surface area contributed by atoms with Crippen LogP contribution < -0.4 is 17.0 Å². The summed E-state index contributed by atoms with van der Waals surface area (Å²) in [5.41, 5.74) is 0. The summed E-state index contributed by atoms with van der Waals surface area (Å²) >= 11 is 3.33. The van der Waals surface area contributed by atoms with Crippen molar-refractivity contribution >= 4 is 22.1 Å². The quantitative estimate of drug-likeness (QED) is 0.163. The third kappa shape index (κ3) is 4.51. The van der Waals surface area contributed by atoms with E-state index in [2.05, 4.69) is 21.1 Å². The molecule has 1 heterocycles. The van der Waals surface area contributed by atoms with Crippen molar-refractivity contribution in [3.63, 3.8) is 0 Å². The lowest BCUT2D eigenvalue weighted by atomic mass is 10.5. The lowest BCUT2D eigenvalue weighted by Crippen LogP contribution is -3.00. The third-order valence-corrected chi connectivity index (χ3v) is 2.51. The highest BCUT2D eigenvalue weighted by Crippen LogP contribution is 1.95. The Labute approximate surface area is 109 Å². The lowest BCUT2D eigenvalue weighted by Gasteiger charge is -2.00. The van der Waals surface area contributed by atoms with Crippen LogP contribution in [0.4, 0.5) is 0 Å². The molecule has 0 amide bonds. The van der Waals surface area contributed by atoms with Crippen molar-refractivity contribution < 1.29 is 26.9 Å². The Hall–Kier alpha value is -0.590. The van der Waals surface area contributed by atoms with Gasteiger partial charge in [0.05, 0.1) is 13.7 Å². The number of aryl methyl sites for hydroxylation is 1. The SMILES string of the molecule is C[n+]1ccn(COCCCBr)c1/C=N/O.[Cl-]. The van der Waals surface area contributed by atoms with Crippen molar-refractivity contribution in [2.24, 2.45) is 12.2 Å². The van der Waals surface area contributed by atoms with Gasteiger partial charge in [-0.25, -0.2) is 9.13 Å². The van der Waals surface area contributed by atoms with Gasteiger partial charge in [-0.1, -0.05) is 21.1 Å².